The van der Waals surface area contributed by atoms with E-state index in [-0.39, 0.29) is 5.97 Å². The van der Waals surface area contributed by atoms with Crippen LogP contribution in [0.15, 0.2) is 42.6 Å². The average molecular weight is 350 g/mol. The quantitative estimate of drug-likeness (QED) is 0.790. The second kappa shape index (κ2) is 8.34. The third-order valence-electron chi connectivity index (χ3n) is 4.44. The Labute approximate surface area is 153 Å². The number of rotatable bonds is 4. The molecule has 1 saturated heterocycles. The highest BCUT2D eigenvalue weighted by Gasteiger charge is 2.22. The lowest BCUT2D eigenvalue weighted by molar-refractivity contribution is 0.0526. The fraction of sp³-hybridized carbons (Fsp3) is 0.350. The number of benzene rings is 1. The summed E-state index contributed by atoms with van der Waals surface area (Å²) in [6.07, 6.45) is 2.62. The van der Waals surface area contributed by atoms with Gasteiger partial charge in [0, 0.05) is 32.4 Å². The van der Waals surface area contributed by atoms with Crippen LogP contribution >= 0.6 is 0 Å². The standard InChI is InChI=1S/C20H22N4O2/c1-2-26-20(25)17-8-5-10-22-19(17)24-12-6-11-23(13-14-24)18-9-4-3-7-16(18)15-21/h3-5,7-10H,2,6,11-14H2,1H3. The molecular weight excluding hydrogens is 328 g/mol. The number of ether oxygens (including phenoxy) is 1. The maximum Gasteiger partial charge on any atom is 0.341 e. The van der Waals surface area contributed by atoms with Crippen molar-refractivity contribution in [3.8, 4) is 6.07 Å². The van der Waals surface area contributed by atoms with Gasteiger partial charge in [0.25, 0.3) is 0 Å². The predicted octanol–water partition coefficient (Wildman–Crippen LogP) is 2.85. The van der Waals surface area contributed by atoms with Crippen molar-refractivity contribution in [3.63, 3.8) is 0 Å². The molecule has 0 N–H and O–H groups in total. The number of hydrogen-bond acceptors (Lipinski definition) is 6. The maximum atomic E-state index is 12.2. The topological polar surface area (TPSA) is 69.5 Å². The normalized spacial score (nSPS) is 14.5. The lowest BCUT2D eigenvalue weighted by Crippen LogP contribution is -2.32. The van der Waals surface area contributed by atoms with Crippen LogP contribution in [0.5, 0.6) is 0 Å². The van der Waals surface area contributed by atoms with Gasteiger partial charge >= 0.3 is 5.97 Å². The third kappa shape index (κ3) is 3.77. The van der Waals surface area contributed by atoms with Gasteiger partial charge in [-0.3, -0.25) is 0 Å². The summed E-state index contributed by atoms with van der Waals surface area (Å²) < 4.78 is 5.16. The van der Waals surface area contributed by atoms with Crippen LogP contribution in [-0.2, 0) is 4.74 Å². The molecule has 0 atom stereocenters. The molecule has 134 valence electrons. The van der Waals surface area contributed by atoms with E-state index in [9.17, 15) is 10.1 Å². The smallest absolute Gasteiger partial charge is 0.341 e. The molecule has 0 saturated carbocycles. The number of nitriles is 1. The summed E-state index contributed by atoms with van der Waals surface area (Å²) in [5, 5.41) is 9.35. The van der Waals surface area contributed by atoms with Crippen LogP contribution in [0.4, 0.5) is 11.5 Å². The summed E-state index contributed by atoms with van der Waals surface area (Å²) in [4.78, 5) is 21.0. The fourth-order valence-corrected chi connectivity index (χ4v) is 3.23. The maximum absolute atomic E-state index is 12.2. The number of carbonyl (C=O) groups excluding carboxylic acids is 1. The summed E-state index contributed by atoms with van der Waals surface area (Å²) in [6.45, 7) is 5.28. The monoisotopic (exact) mass is 350 g/mol. The van der Waals surface area contributed by atoms with E-state index in [0.717, 1.165) is 38.3 Å². The van der Waals surface area contributed by atoms with Crippen molar-refractivity contribution in [2.24, 2.45) is 0 Å². The number of anilines is 2. The Morgan fingerprint density at radius 1 is 1.15 bits per heavy atom. The lowest BCUT2D eigenvalue weighted by atomic mass is 10.1. The molecule has 0 amide bonds. The van der Waals surface area contributed by atoms with Crippen LogP contribution in [0.25, 0.3) is 0 Å². The van der Waals surface area contributed by atoms with E-state index in [4.69, 9.17) is 4.74 Å². The Morgan fingerprint density at radius 3 is 2.73 bits per heavy atom. The van der Waals surface area contributed by atoms with E-state index in [1.807, 2.05) is 24.3 Å². The first-order chi connectivity index (χ1) is 12.7. The summed E-state index contributed by atoms with van der Waals surface area (Å²) in [5.41, 5.74) is 2.15. The Hall–Kier alpha value is -3.07. The van der Waals surface area contributed by atoms with Gasteiger partial charge in [-0.25, -0.2) is 9.78 Å². The average Bonchev–Trinajstić information content (AvgIpc) is 2.94. The number of para-hydroxylation sites is 1. The first-order valence-corrected chi connectivity index (χ1v) is 8.85. The van der Waals surface area contributed by atoms with Crippen molar-refractivity contribution in [1.29, 1.82) is 5.26 Å². The van der Waals surface area contributed by atoms with Crippen molar-refractivity contribution < 1.29 is 9.53 Å². The van der Waals surface area contributed by atoms with Gasteiger partial charge in [0.2, 0.25) is 0 Å². The van der Waals surface area contributed by atoms with E-state index >= 15 is 0 Å². The highest BCUT2D eigenvalue weighted by Crippen LogP contribution is 2.24. The minimum Gasteiger partial charge on any atom is -0.462 e. The molecule has 0 spiro atoms. The largest absolute Gasteiger partial charge is 0.462 e. The Bertz CT molecular complexity index is 815. The molecular formula is C20H22N4O2. The zero-order chi connectivity index (χ0) is 18.4. The van der Waals surface area contributed by atoms with Crippen molar-refractivity contribution in [3.05, 3.63) is 53.7 Å². The van der Waals surface area contributed by atoms with Crippen molar-refractivity contribution in [2.75, 3.05) is 42.6 Å². The first kappa shape index (κ1) is 17.7. The number of hydrogen-bond donors (Lipinski definition) is 0. The number of nitrogens with zero attached hydrogens (tertiary/aromatic N) is 4. The molecule has 0 aliphatic carbocycles. The highest BCUT2D eigenvalue weighted by atomic mass is 16.5. The molecule has 0 bridgehead atoms. The number of pyridine rings is 1. The summed E-state index contributed by atoms with van der Waals surface area (Å²) in [7, 11) is 0. The van der Waals surface area contributed by atoms with Gasteiger partial charge in [0.1, 0.15) is 17.5 Å². The van der Waals surface area contributed by atoms with Crippen LogP contribution in [0.3, 0.4) is 0 Å². The van der Waals surface area contributed by atoms with Gasteiger partial charge in [-0.1, -0.05) is 12.1 Å². The molecule has 1 aliphatic heterocycles. The van der Waals surface area contributed by atoms with Crippen LogP contribution in [0.2, 0.25) is 0 Å². The number of carbonyl (C=O) groups is 1. The van der Waals surface area contributed by atoms with Crippen LogP contribution < -0.4 is 9.80 Å². The summed E-state index contributed by atoms with van der Waals surface area (Å²) >= 11 is 0. The SMILES string of the molecule is CCOC(=O)c1cccnc1N1CCCN(c2ccccc2C#N)CC1. The van der Waals surface area contributed by atoms with E-state index in [1.54, 1.807) is 25.3 Å². The highest BCUT2D eigenvalue weighted by molar-refractivity contribution is 5.94. The van der Waals surface area contributed by atoms with Gasteiger partial charge in [-0.05, 0) is 37.6 Å². The number of esters is 1. The van der Waals surface area contributed by atoms with Gasteiger partial charge < -0.3 is 14.5 Å². The van der Waals surface area contributed by atoms with E-state index < -0.39 is 0 Å². The third-order valence-corrected chi connectivity index (χ3v) is 4.44. The van der Waals surface area contributed by atoms with E-state index in [2.05, 4.69) is 20.9 Å². The minimum atomic E-state index is -0.341. The summed E-state index contributed by atoms with van der Waals surface area (Å²) in [6, 6.07) is 13.4. The molecule has 26 heavy (non-hydrogen) atoms. The summed E-state index contributed by atoms with van der Waals surface area (Å²) in [5.74, 6) is 0.327. The molecule has 1 aromatic heterocycles. The van der Waals surface area contributed by atoms with E-state index in [1.165, 1.54) is 0 Å². The minimum absolute atomic E-state index is 0.339. The van der Waals surface area contributed by atoms with Crippen molar-refractivity contribution in [2.45, 2.75) is 13.3 Å². The van der Waals surface area contributed by atoms with Crippen LogP contribution in [0, 0.1) is 11.3 Å². The fourth-order valence-electron chi connectivity index (χ4n) is 3.23. The molecule has 2 aromatic rings. The van der Waals surface area contributed by atoms with Crippen LogP contribution in [-0.4, -0.2) is 43.7 Å². The molecule has 0 radical (unpaired) electrons. The molecule has 6 heteroatoms. The Balaban J connectivity index is 1.80. The molecule has 3 rings (SSSR count). The molecule has 0 unspecified atom stereocenters. The molecule has 1 aliphatic rings. The lowest BCUT2D eigenvalue weighted by Gasteiger charge is -2.25. The zero-order valence-electron chi connectivity index (χ0n) is 14.9. The Kier molecular flexibility index (Phi) is 5.69. The van der Waals surface area contributed by atoms with Gasteiger partial charge in [-0.2, -0.15) is 5.26 Å². The van der Waals surface area contributed by atoms with Crippen molar-refractivity contribution >= 4 is 17.5 Å². The van der Waals surface area contributed by atoms with E-state index in [0.29, 0.717) is 23.6 Å². The van der Waals surface area contributed by atoms with Gasteiger partial charge in [0.15, 0.2) is 0 Å². The van der Waals surface area contributed by atoms with Gasteiger partial charge in [0.05, 0.1) is 17.9 Å². The van der Waals surface area contributed by atoms with Gasteiger partial charge in [-0.15, -0.1) is 0 Å². The first-order valence-electron chi connectivity index (χ1n) is 8.85. The Morgan fingerprint density at radius 2 is 1.92 bits per heavy atom. The molecule has 2 heterocycles. The molecule has 6 nitrogen and oxygen atoms in total. The number of aromatic nitrogens is 1. The zero-order valence-corrected chi connectivity index (χ0v) is 14.9. The molecule has 1 aromatic carbocycles. The second-order valence-corrected chi connectivity index (χ2v) is 6.05. The second-order valence-electron chi connectivity index (χ2n) is 6.05. The van der Waals surface area contributed by atoms with Crippen LogP contribution in [0.1, 0.15) is 29.3 Å². The van der Waals surface area contributed by atoms with Crippen molar-refractivity contribution in [1.82, 2.24) is 4.98 Å². The predicted molar refractivity (Wildman–Crippen MR) is 100 cm³/mol. The molecule has 1 fully saturated rings.